The van der Waals surface area contributed by atoms with Crippen LogP contribution in [0.1, 0.15) is 5.56 Å². The van der Waals surface area contributed by atoms with Crippen LogP contribution in [0.3, 0.4) is 0 Å². The lowest BCUT2D eigenvalue weighted by atomic mass is 10.2. The average Bonchev–Trinajstić information content (AvgIpc) is 2.19. The first kappa shape index (κ1) is 11.9. The second kappa shape index (κ2) is 5.08. The van der Waals surface area contributed by atoms with Crippen LogP contribution in [-0.2, 0) is 0 Å². The predicted molar refractivity (Wildman–Crippen MR) is 51.9 cm³/mol. The highest BCUT2D eigenvalue weighted by atomic mass is 32.2. The molecule has 80 valence electrons. The van der Waals surface area contributed by atoms with Gasteiger partial charge in [-0.1, -0.05) is 24.1 Å². The Bertz CT molecular complexity index is 364. The quantitative estimate of drug-likeness (QED) is 0.556. The van der Waals surface area contributed by atoms with Crippen LogP contribution in [0, 0.1) is 11.2 Å². The fourth-order valence-corrected chi connectivity index (χ4v) is 1.11. The molecule has 0 aliphatic rings. The monoisotopic (exact) mass is 234 g/mol. The lowest BCUT2D eigenvalue weighted by Crippen LogP contribution is -2.20. The Kier molecular flexibility index (Phi) is 4.04. The largest absolute Gasteiger partial charge is 0.364 e. The van der Waals surface area contributed by atoms with Gasteiger partial charge in [-0.25, -0.2) is 8.78 Å². The number of benzene rings is 1. The highest BCUT2D eigenvalue weighted by molar-refractivity contribution is 8.04. The summed E-state index contributed by atoms with van der Waals surface area (Å²) < 4.78 is 48.1. The van der Waals surface area contributed by atoms with Gasteiger partial charge in [0.2, 0.25) is 0 Å². The smallest absolute Gasteiger partial charge is 0.202 e. The molecule has 0 N–H and O–H groups in total. The third-order valence-corrected chi connectivity index (χ3v) is 2.06. The van der Waals surface area contributed by atoms with Crippen molar-refractivity contribution in [3.63, 3.8) is 0 Å². The minimum Gasteiger partial charge on any atom is -0.202 e. The van der Waals surface area contributed by atoms with Gasteiger partial charge in [-0.15, -0.1) is 0 Å². The van der Waals surface area contributed by atoms with Gasteiger partial charge in [-0.2, -0.15) is 8.78 Å². The molecule has 0 atom stereocenters. The molecule has 0 nitrogen and oxygen atoms in total. The maximum Gasteiger partial charge on any atom is 0.364 e. The number of rotatable bonds is 2. The van der Waals surface area contributed by atoms with Gasteiger partial charge < -0.3 is 0 Å². The molecule has 1 rings (SSSR count). The summed E-state index contributed by atoms with van der Waals surface area (Å²) >= 11 is -0.363. The normalized spacial score (nSPS) is 11.0. The minimum atomic E-state index is -4.11. The number of alkyl halides is 4. The maximum atomic E-state index is 12.4. The van der Waals surface area contributed by atoms with Crippen LogP contribution >= 0.6 is 11.8 Å². The SMILES string of the molecule is FC(F)C(F)(F)SC#Cc1ccccc1. The molecule has 0 aromatic heterocycles. The van der Waals surface area contributed by atoms with Crippen LogP contribution in [0.15, 0.2) is 30.3 Å². The Morgan fingerprint density at radius 1 is 1.13 bits per heavy atom. The van der Waals surface area contributed by atoms with Crippen molar-refractivity contribution in [2.75, 3.05) is 0 Å². The molecule has 0 radical (unpaired) electrons. The fraction of sp³-hybridized carbons (Fsp3) is 0.200. The Hall–Kier alpha value is -1.15. The van der Waals surface area contributed by atoms with Crippen molar-refractivity contribution < 1.29 is 17.6 Å². The van der Waals surface area contributed by atoms with E-state index in [-0.39, 0.29) is 11.8 Å². The summed E-state index contributed by atoms with van der Waals surface area (Å²) in [7, 11) is 0. The van der Waals surface area contributed by atoms with Crippen LogP contribution in [0.25, 0.3) is 0 Å². The zero-order valence-corrected chi connectivity index (χ0v) is 8.20. The molecule has 0 heterocycles. The third kappa shape index (κ3) is 3.84. The van der Waals surface area contributed by atoms with E-state index in [1.54, 1.807) is 30.3 Å². The van der Waals surface area contributed by atoms with Gasteiger partial charge in [0.05, 0.1) is 0 Å². The van der Waals surface area contributed by atoms with Crippen LogP contribution in [0.5, 0.6) is 0 Å². The molecule has 0 aliphatic heterocycles. The van der Waals surface area contributed by atoms with E-state index < -0.39 is 11.7 Å². The first-order valence-corrected chi connectivity index (χ1v) is 4.74. The molecule has 1 aromatic carbocycles. The standard InChI is InChI=1S/C10H6F4S/c11-9(12)10(13,14)15-7-6-8-4-2-1-3-5-8/h1-5,9H. The molecule has 5 heteroatoms. The summed E-state index contributed by atoms with van der Waals surface area (Å²) in [5.74, 6) is 2.36. The summed E-state index contributed by atoms with van der Waals surface area (Å²) in [4.78, 5) is 0. The molecule has 15 heavy (non-hydrogen) atoms. The van der Waals surface area contributed by atoms with E-state index in [0.29, 0.717) is 5.56 Å². The summed E-state index contributed by atoms with van der Waals surface area (Å²) in [5.41, 5.74) is 0.509. The van der Waals surface area contributed by atoms with E-state index in [2.05, 4.69) is 5.92 Å². The van der Waals surface area contributed by atoms with Gasteiger partial charge in [0, 0.05) is 17.3 Å². The van der Waals surface area contributed by atoms with Crippen LogP contribution < -0.4 is 0 Å². The number of halogens is 4. The zero-order chi connectivity index (χ0) is 11.3. The van der Waals surface area contributed by atoms with Crippen LogP contribution in [0.2, 0.25) is 0 Å². The third-order valence-electron chi connectivity index (χ3n) is 1.41. The molecule has 0 bridgehead atoms. The second-order valence-electron chi connectivity index (χ2n) is 2.56. The van der Waals surface area contributed by atoms with E-state index in [4.69, 9.17) is 0 Å². The lowest BCUT2D eigenvalue weighted by Gasteiger charge is -2.09. The van der Waals surface area contributed by atoms with Crippen LogP contribution in [-0.4, -0.2) is 11.7 Å². The summed E-state index contributed by atoms with van der Waals surface area (Å²) in [6.07, 6.45) is -3.70. The van der Waals surface area contributed by atoms with E-state index >= 15 is 0 Å². The first-order valence-electron chi connectivity index (χ1n) is 3.92. The number of hydrogen-bond acceptors (Lipinski definition) is 1. The molecule has 0 amide bonds. The van der Waals surface area contributed by atoms with Crippen molar-refractivity contribution in [3.05, 3.63) is 35.9 Å². The van der Waals surface area contributed by atoms with Crippen molar-refractivity contribution in [2.45, 2.75) is 11.7 Å². The van der Waals surface area contributed by atoms with Crippen molar-refractivity contribution in [1.29, 1.82) is 0 Å². The Labute approximate surface area is 88.7 Å². The maximum absolute atomic E-state index is 12.4. The van der Waals surface area contributed by atoms with Crippen molar-refractivity contribution in [3.8, 4) is 11.2 Å². The van der Waals surface area contributed by atoms with Gasteiger partial charge in [0.15, 0.2) is 0 Å². The topological polar surface area (TPSA) is 0 Å². The molecular formula is C10H6F4S. The van der Waals surface area contributed by atoms with E-state index in [1.807, 2.05) is 5.25 Å². The van der Waals surface area contributed by atoms with E-state index in [9.17, 15) is 17.6 Å². The number of thioether (sulfide) groups is 1. The molecule has 0 spiro atoms. The highest BCUT2D eigenvalue weighted by Gasteiger charge is 2.41. The molecule has 0 aliphatic carbocycles. The minimum absolute atomic E-state index is 0.363. The van der Waals surface area contributed by atoms with Crippen molar-refractivity contribution >= 4 is 11.8 Å². The molecular weight excluding hydrogens is 228 g/mol. The first-order chi connectivity index (χ1) is 7.02. The van der Waals surface area contributed by atoms with Gasteiger partial charge >= 0.3 is 11.7 Å². The Balaban J connectivity index is 2.62. The van der Waals surface area contributed by atoms with Crippen molar-refractivity contribution in [2.24, 2.45) is 0 Å². The molecule has 1 aromatic rings. The van der Waals surface area contributed by atoms with Crippen LogP contribution in [0.4, 0.5) is 17.6 Å². The summed E-state index contributed by atoms with van der Waals surface area (Å²) in [6.45, 7) is 0. The molecule has 0 saturated heterocycles. The van der Waals surface area contributed by atoms with E-state index in [0.717, 1.165) is 0 Å². The van der Waals surface area contributed by atoms with E-state index in [1.165, 1.54) is 0 Å². The molecule has 0 saturated carbocycles. The lowest BCUT2D eigenvalue weighted by molar-refractivity contribution is -0.0556. The Morgan fingerprint density at radius 2 is 1.73 bits per heavy atom. The van der Waals surface area contributed by atoms with Gasteiger partial charge in [0.25, 0.3) is 0 Å². The second-order valence-corrected chi connectivity index (χ2v) is 3.51. The fourth-order valence-electron chi connectivity index (χ4n) is 0.719. The Morgan fingerprint density at radius 3 is 2.27 bits per heavy atom. The molecule has 0 fully saturated rings. The average molecular weight is 234 g/mol. The van der Waals surface area contributed by atoms with Gasteiger partial charge in [-0.05, 0) is 17.4 Å². The van der Waals surface area contributed by atoms with Crippen molar-refractivity contribution in [1.82, 2.24) is 0 Å². The van der Waals surface area contributed by atoms with Gasteiger partial charge in [-0.3, -0.25) is 0 Å². The summed E-state index contributed by atoms with van der Waals surface area (Å²) in [6, 6.07) is 8.31. The predicted octanol–water partition coefficient (Wildman–Crippen LogP) is 3.59. The summed E-state index contributed by atoms with van der Waals surface area (Å²) in [5, 5.41) is -2.15. The van der Waals surface area contributed by atoms with Gasteiger partial charge in [0.1, 0.15) is 0 Å². The molecule has 0 unspecified atom stereocenters. The zero-order valence-electron chi connectivity index (χ0n) is 7.38. The highest BCUT2D eigenvalue weighted by Crippen LogP contribution is 2.34. The number of hydrogen-bond donors (Lipinski definition) is 0.